The molecule has 0 aliphatic rings. The molecular formula is C19H18F3NO. The summed E-state index contributed by atoms with van der Waals surface area (Å²) in [6, 6.07) is 15.3. The fourth-order valence-electron chi connectivity index (χ4n) is 2.28. The number of benzene rings is 2. The van der Waals surface area contributed by atoms with Crippen LogP contribution in [0.2, 0.25) is 0 Å². The highest BCUT2D eigenvalue weighted by Gasteiger charge is 2.41. The number of nitrogens with zero attached hydrogens (tertiary/aromatic N) is 1. The number of aryl methyl sites for hydroxylation is 1. The number of hydrogen-bond donors (Lipinski definition) is 0. The normalized spacial score (nSPS) is 12.1. The molecule has 24 heavy (non-hydrogen) atoms. The summed E-state index contributed by atoms with van der Waals surface area (Å²) in [4.78, 5) is 13.5. The molecular weight excluding hydrogens is 315 g/mol. The minimum Gasteiger partial charge on any atom is -0.348 e. The topological polar surface area (TPSA) is 20.3 Å². The van der Waals surface area contributed by atoms with Crippen molar-refractivity contribution in [2.45, 2.75) is 20.0 Å². The van der Waals surface area contributed by atoms with Gasteiger partial charge in [-0.05, 0) is 31.5 Å². The van der Waals surface area contributed by atoms with E-state index in [-0.39, 0.29) is 11.1 Å². The number of hydrogen-bond acceptors (Lipinski definition) is 2. The molecule has 0 aromatic heterocycles. The van der Waals surface area contributed by atoms with Crippen molar-refractivity contribution in [1.29, 1.82) is 0 Å². The van der Waals surface area contributed by atoms with Gasteiger partial charge in [0.25, 0.3) is 5.78 Å². The molecule has 0 saturated heterocycles. The van der Waals surface area contributed by atoms with Gasteiger partial charge < -0.3 is 4.90 Å². The number of allylic oxidation sites excluding steroid dienone is 1. The maximum Gasteiger partial charge on any atom is 0.454 e. The average Bonchev–Trinajstić information content (AvgIpc) is 2.56. The van der Waals surface area contributed by atoms with E-state index in [9.17, 15) is 18.0 Å². The second kappa shape index (κ2) is 7.34. The largest absolute Gasteiger partial charge is 0.454 e. The van der Waals surface area contributed by atoms with E-state index in [1.54, 1.807) is 23.1 Å². The summed E-state index contributed by atoms with van der Waals surface area (Å²) in [5.41, 5.74) is 1.65. The fourth-order valence-corrected chi connectivity index (χ4v) is 2.28. The molecule has 0 amide bonds. The number of Topliss-reactive ketones (excluding diaryl/α,β-unsaturated/α-hetero) is 1. The second-order valence-corrected chi connectivity index (χ2v) is 5.36. The second-order valence-electron chi connectivity index (χ2n) is 5.36. The van der Waals surface area contributed by atoms with Gasteiger partial charge >= 0.3 is 6.18 Å². The van der Waals surface area contributed by atoms with Crippen LogP contribution in [-0.4, -0.2) is 18.5 Å². The Hall–Kier alpha value is -2.56. The Bertz CT molecular complexity index is 719. The van der Waals surface area contributed by atoms with E-state index in [1.165, 1.54) is 18.3 Å². The first-order valence-corrected chi connectivity index (χ1v) is 7.55. The summed E-state index contributed by atoms with van der Waals surface area (Å²) in [6.07, 6.45) is -3.65. The predicted octanol–water partition coefficient (Wildman–Crippen LogP) is 4.99. The monoisotopic (exact) mass is 333 g/mol. The lowest BCUT2D eigenvalue weighted by molar-refractivity contribution is -0.164. The van der Waals surface area contributed by atoms with Gasteiger partial charge in [0.15, 0.2) is 0 Å². The first-order valence-electron chi connectivity index (χ1n) is 7.55. The molecule has 2 aromatic carbocycles. The third-order valence-electron chi connectivity index (χ3n) is 3.58. The molecule has 0 heterocycles. The lowest BCUT2D eigenvalue weighted by Gasteiger charge is -2.21. The van der Waals surface area contributed by atoms with Gasteiger partial charge in [-0.2, -0.15) is 13.2 Å². The Balaban J connectivity index is 2.50. The van der Waals surface area contributed by atoms with Crippen molar-refractivity contribution in [3.8, 4) is 0 Å². The zero-order chi connectivity index (χ0) is 17.7. The maximum atomic E-state index is 13.0. The maximum absolute atomic E-state index is 13.0. The summed E-state index contributed by atoms with van der Waals surface area (Å²) in [7, 11) is 0. The van der Waals surface area contributed by atoms with Crippen LogP contribution in [-0.2, 0) is 4.79 Å². The van der Waals surface area contributed by atoms with E-state index in [4.69, 9.17) is 0 Å². The van der Waals surface area contributed by atoms with Crippen molar-refractivity contribution in [2.24, 2.45) is 0 Å². The number of ketones is 1. The van der Waals surface area contributed by atoms with E-state index < -0.39 is 12.0 Å². The van der Waals surface area contributed by atoms with Crippen LogP contribution in [0, 0.1) is 6.92 Å². The lowest BCUT2D eigenvalue weighted by Crippen LogP contribution is -2.26. The van der Waals surface area contributed by atoms with Crippen molar-refractivity contribution in [1.82, 2.24) is 0 Å². The minimum absolute atomic E-state index is 0.241. The lowest BCUT2D eigenvalue weighted by atomic mass is 10.0. The van der Waals surface area contributed by atoms with Crippen molar-refractivity contribution in [2.75, 3.05) is 11.4 Å². The summed E-state index contributed by atoms with van der Waals surface area (Å²) in [5, 5.41) is 0. The standard InChI is InChI=1S/C19H18F3NO/c1-3-23(16-11-9-14(2)10-12-16)13-17(18(24)19(20,21)22)15-7-5-4-6-8-15/h4-13H,3H2,1-2H3/b17-13-. The fraction of sp³-hybridized carbons (Fsp3) is 0.211. The minimum atomic E-state index is -4.92. The molecule has 0 N–H and O–H groups in total. The van der Waals surface area contributed by atoms with Gasteiger partial charge in [0, 0.05) is 18.4 Å². The number of halogens is 3. The van der Waals surface area contributed by atoms with Gasteiger partial charge in [0.2, 0.25) is 0 Å². The van der Waals surface area contributed by atoms with E-state index in [2.05, 4.69) is 0 Å². The van der Waals surface area contributed by atoms with Crippen LogP contribution in [0.15, 0.2) is 60.8 Å². The first-order chi connectivity index (χ1) is 11.3. The highest BCUT2D eigenvalue weighted by atomic mass is 19.4. The molecule has 0 bridgehead atoms. The van der Waals surface area contributed by atoms with E-state index in [0.717, 1.165) is 11.3 Å². The highest BCUT2D eigenvalue weighted by Crippen LogP contribution is 2.28. The molecule has 0 unspecified atom stereocenters. The van der Waals surface area contributed by atoms with Crippen molar-refractivity contribution in [3.05, 3.63) is 71.9 Å². The molecule has 2 rings (SSSR count). The van der Waals surface area contributed by atoms with Crippen molar-refractivity contribution < 1.29 is 18.0 Å². The van der Waals surface area contributed by atoms with Crippen molar-refractivity contribution >= 4 is 17.0 Å². The van der Waals surface area contributed by atoms with Crippen LogP contribution < -0.4 is 4.90 Å². The van der Waals surface area contributed by atoms with Crippen LogP contribution in [0.1, 0.15) is 18.1 Å². The molecule has 5 heteroatoms. The molecule has 0 spiro atoms. The van der Waals surface area contributed by atoms with E-state index in [1.807, 2.05) is 38.1 Å². The van der Waals surface area contributed by atoms with E-state index >= 15 is 0 Å². The smallest absolute Gasteiger partial charge is 0.348 e. The molecule has 0 fully saturated rings. The Morgan fingerprint density at radius 3 is 2.12 bits per heavy atom. The Labute approximate surface area is 139 Å². The molecule has 0 atom stereocenters. The van der Waals surface area contributed by atoms with Gasteiger partial charge in [0.05, 0.1) is 5.57 Å². The molecule has 0 aliphatic heterocycles. The summed E-state index contributed by atoms with van der Waals surface area (Å²) < 4.78 is 39.0. The van der Waals surface area contributed by atoms with E-state index in [0.29, 0.717) is 6.54 Å². The zero-order valence-electron chi connectivity index (χ0n) is 13.5. The predicted molar refractivity (Wildman–Crippen MR) is 89.7 cm³/mol. The number of rotatable bonds is 5. The summed E-state index contributed by atoms with van der Waals surface area (Å²) >= 11 is 0. The summed E-state index contributed by atoms with van der Waals surface area (Å²) in [6.45, 7) is 4.18. The van der Waals surface area contributed by atoms with Crippen LogP contribution in [0.3, 0.4) is 0 Å². The Morgan fingerprint density at radius 1 is 1.04 bits per heavy atom. The molecule has 0 radical (unpaired) electrons. The molecule has 0 aliphatic carbocycles. The Kier molecular flexibility index (Phi) is 5.44. The first kappa shape index (κ1) is 17.8. The number of anilines is 1. The van der Waals surface area contributed by atoms with Crippen LogP contribution in [0.4, 0.5) is 18.9 Å². The van der Waals surface area contributed by atoms with Gasteiger partial charge in [-0.15, -0.1) is 0 Å². The third-order valence-corrected chi connectivity index (χ3v) is 3.58. The van der Waals surface area contributed by atoms with Gasteiger partial charge in [-0.3, -0.25) is 4.79 Å². The number of carbonyl (C=O) groups excluding carboxylic acids is 1. The van der Waals surface area contributed by atoms with Crippen LogP contribution in [0.25, 0.3) is 5.57 Å². The zero-order valence-corrected chi connectivity index (χ0v) is 13.5. The van der Waals surface area contributed by atoms with Gasteiger partial charge in [-0.25, -0.2) is 0 Å². The van der Waals surface area contributed by atoms with Gasteiger partial charge in [0.1, 0.15) is 0 Å². The van der Waals surface area contributed by atoms with Gasteiger partial charge in [-0.1, -0.05) is 48.0 Å². The van der Waals surface area contributed by atoms with Crippen LogP contribution in [0.5, 0.6) is 0 Å². The third kappa shape index (κ3) is 4.25. The molecule has 126 valence electrons. The van der Waals surface area contributed by atoms with Crippen LogP contribution >= 0.6 is 0 Å². The molecule has 0 saturated carbocycles. The SMILES string of the molecule is CCN(/C=C(\C(=O)C(F)(F)F)c1ccccc1)c1ccc(C)cc1. The Morgan fingerprint density at radius 2 is 1.62 bits per heavy atom. The number of carbonyl (C=O) groups is 1. The number of alkyl halides is 3. The average molecular weight is 333 g/mol. The highest BCUT2D eigenvalue weighted by molar-refractivity contribution is 6.23. The molecule has 2 aromatic rings. The summed E-state index contributed by atoms with van der Waals surface area (Å²) in [5.74, 6) is -1.85. The molecule has 2 nitrogen and oxygen atoms in total. The van der Waals surface area contributed by atoms with Crippen molar-refractivity contribution in [3.63, 3.8) is 0 Å². The quantitative estimate of drug-likeness (QED) is 0.718.